The van der Waals surface area contributed by atoms with Gasteiger partial charge in [-0.2, -0.15) is 5.10 Å². The van der Waals surface area contributed by atoms with Crippen LogP contribution >= 0.6 is 0 Å². The third-order valence-electron chi connectivity index (χ3n) is 3.48. The van der Waals surface area contributed by atoms with E-state index >= 15 is 0 Å². The van der Waals surface area contributed by atoms with E-state index in [0.717, 1.165) is 6.07 Å². The van der Waals surface area contributed by atoms with Crippen molar-refractivity contribution in [3.63, 3.8) is 0 Å². The van der Waals surface area contributed by atoms with Crippen LogP contribution in [0.3, 0.4) is 0 Å². The summed E-state index contributed by atoms with van der Waals surface area (Å²) in [5.41, 5.74) is 1.19. The average molecular weight is 314 g/mol. The molecular formula is C17H12F2N2O2. The number of hydrogen-bond donors (Lipinski definition) is 1. The highest BCUT2D eigenvalue weighted by Gasteiger charge is 2.15. The smallest absolute Gasteiger partial charge is 0.338 e. The average Bonchev–Trinajstić information content (AvgIpc) is 2.80. The second kappa shape index (κ2) is 5.64. The molecule has 2 aromatic carbocycles. The predicted octanol–water partition coefficient (Wildman–Crippen LogP) is 3.72. The van der Waals surface area contributed by atoms with Gasteiger partial charge in [0.15, 0.2) is 0 Å². The fourth-order valence-corrected chi connectivity index (χ4v) is 2.38. The van der Waals surface area contributed by atoms with E-state index in [1.807, 2.05) is 0 Å². The molecule has 23 heavy (non-hydrogen) atoms. The molecule has 0 atom stereocenters. The Labute approximate surface area is 130 Å². The number of carboxylic acid groups (broad SMARTS) is 1. The molecule has 0 aliphatic rings. The number of nitrogens with zero attached hydrogens (tertiary/aromatic N) is 2. The maximum atomic E-state index is 13.8. The highest BCUT2D eigenvalue weighted by molar-refractivity contribution is 5.97. The van der Waals surface area contributed by atoms with Gasteiger partial charge in [-0.1, -0.05) is 18.2 Å². The van der Waals surface area contributed by atoms with Gasteiger partial charge in [-0.15, -0.1) is 0 Å². The van der Waals surface area contributed by atoms with Crippen LogP contribution in [0.4, 0.5) is 8.78 Å². The lowest BCUT2D eigenvalue weighted by molar-refractivity contribution is 0.0692. The molecular weight excluding hydrogens is 302 g/mol. The van der Waals surface area contributed by atoms with Crippen LogP contribution in [-0.4, -0.2) is 20.9 Å². The highest BCUT2D eigenvalue weighted by Crippen LogP contribution is 2.24. The molecule has 1 heterocycles. The zero-order valence-corrected chi connectivity index (χ0v) is 12.1. The molecule has 1 N–H and O–H groups in total. The van der Waals surface area contributed by atoms with Gasteiger partial charge >= 0.3 is 5.97 Å². The topological polar surface area (TPSA) is 55.1 Å². The van der Waals surface area contributed by atoms with E-state index in [4.69, 9.17) is 5.11 Å². The summed E-state index contributed by atoms with van der Waals surface area (Å²) in [5, 5.41) is 13.8. The largest absolute Gasteiger partial charge is 0.478 e. The van der Waals surface area contributed by atoms with Crippen molar-refractivity contribution in [2.75, 3.05) is 0 Å². The summed E-state index contributed by atoms with van der Waals surface area (Å²) in [6.45, 7) is 0. The molecule has 4 nitrogen and oxygen atoms in total. The number of fused-ring (bicyclic) bond motifs is 1. The van der Waals surface area contributed by atoms with Crippen molar-refractivity contribution in [1.29, 1.82) is 0 Å². The van der Waals surface area contributed by atoms with Gasteiger partial charge < -0.3 is 5.11 Å². The number of halogens is 2. The fraction of sp³-hybridized carbons (Fsp3) is 0.0588. The molecule has 0 spiro atoms. The van der Waals surface area contributed by atoms with Gasteiger partial charge in [0.25, 0.3) is 0 Å². The molecule has 6 heteroatoms. The monoisotopic (exact) mass is 314 g/mol. The summed E-state index contributed by atoms with van der Waals surface area (Å²) in [4.78, 5) is 11.1. The van der Waals surface area contributed by atoms with E-state index < -0.39 is 17.3 Å². The summed E-state index contributed by atoms with van der Waals surface area (Å²) >= 11 is 0. The van der Waals surface area contributed by atoms with E-state index in [-0.39, 0.29) is 5.82 Å². The number of rotatable bonds is 3. The molecule has 0 aliphatic heterocycles. The normalized spacial score (nSPS) is 11.4. The van der Waals surface area contributed by atoms with Crippen LogP contribution in [0.25, 0.3) is 23.1 Å². The standard InChI is InChI=1S/C17H12F2N2O2/c1-21-16-9-14(19)12(17(22)23)8-13(16)15(20-21)6-5-10-3-2-4-11(18)7-10/h2-9H,1H3,(H,22,23)/b6-5+. The Morgan fingerprint density at radius 2 is 2.00 bits per heavy atom. The molecule has 0 bridgehead atoms. The van der Waals surface area contributed by atoms with Crippen LogP contribution in [0.1, 0.15) is 21.6 Å². The molecule has 0 amide bonds. The Bertz CT molecular complexity index is 945. The zero-order valence-electron chi connectivity index (χ0n) is 12.1. The van der Waals surface area contributed by atoms with Gasteiger partial charge in [0.05, 0.1) is 16.8 Å². The second-order valence-corrected chi connectivity index (χ2v) is 5.05. The van der Waals surface area contributed by atoms with E-state index in [2.05, 4.69) is 5.10 Å². The van der Waals surface area contributed by atoms with E-state index in [1.54, 1.807) is 31.3 Å². The Morgan fingerprint density at radius 1 is 1.22 bits per heavy atom. The molecule has 3 rings (SSSR count). The van der Waals surface area contributed by atoms with Crippen molar-refractivity contribution in [2.24, 2.45) is 7.05 Å². The fourth-order valence-electron chi connectivity index (χ4n) is 2.38. The third kappa shape index (κ3) is 2.83. The number of aryl methyl sites for hydroxylation is 1. The lowest BCUT2D eigenvalue weighted by Gasteiger charge is -1.99. The molecule has 0 aliphatic carbocycles. The van der Waals surface area contributed by atoms with Crippen molar-refractivity contribution in [3.8, 4) is 0 Å². The van der Waals surface area contributed by atoms with E-state index in [0.29, 0.717) is 22.2 Å². The van der Waals surface area contributed by atoms with Gasteiger partial charge in [0.2, 0.25) is 0 Å². The first-order chi connectivity index (χ1) is 11.0. The Kier molecular flexibility index (Phi) is 3.65. The Hall–Kier alpha value is -3.02. The third-order valence-corrected chi connectivity index (χ3v) is 3.48. The number of carboxylic acids is 1. The van der Waals surface area contributed by atoms with Gasteiger partial charge in [-0.3, -0.25) is 4.68 Å². The molecule has 116 valence electrons. The van der Waals surface area contributed by atoms with Gasteiger partial charge in [-0.05, 0) is 29.8 Å². The summed E-state index contributed by atoms with van der Waals surface area (Å²) in [7, 11) is 1.64. The summed E-state index contributed by atoms with van der Waals surface area (Å²) in [6, 6.07) is 8.42. The van der Waals surface area contributed by atoms with Crippen LogP contribution in [0.15, 0.2) is 36.4 Å². The quantitative estimate of drug-likeness (QED) is 0.801. The van der Waals surface area contributed by atoms with Crippen molar-refractivity contribution >= 4 is 29.0 Å². The summed E-state index contributed by atoms with van der Waals surface area (Å²) < 4.78 is 28.4. The van der Waals surface area contributed by atoms with Gasteiger partial charge in [0, 0.05) is 18.5 Å². The first kappa shape index (κ1) is 14.9. The Balaban J connectivity index is 2.10. The zero-order chi connectivity index (χ0) is 16.6. The minimum Gasteiger partial charge on any atom is -0.478 e. The van der Waals surface area contributed by atoms with Crippen LogP contribution in [-0.2, 0) is 7.05 Å². The van der Waals surface area contributed by atoms with Crippen LogP contribution in [0.2, 0.25) is 0 Å². The van der Waals surface area contributed by atoms with Crippen molar-refractivity contribution in [2.45, 2.75) is 0 Å². The molecule has 0 unspecified atom stereocenters. The first-order valence-electron chi connectivity index (χ1n) is 6.79. The van der Waals surface area contributed by atoms with Crippen molar-refractivity contribution in [3.05, 3.63) is 64.9 Å². The molecule has 0 fully saturated rings. The molecule has 0 radical (unpaired) electrons. The lowest BCUT2D eigenvalue weighted by Crippen LogP contribution is -2.00. The number of benzene rings is 2. The van der Waals surface area contributed by atoms with Crippen LogP contribution < -0.4 is 0 Å². The first-order valence-corrected chi connectivity index (χ1v) is 6.79. The minimum atomic E-state index is -1.34. The highest BCUT2D eigenvalue weighted by atomic mass is 19.1. The van der Waals surface area contributed by atoms with Crippen molar-refractivity contribution in [1.82, 2.24) is 9.78 Å². The second-order valence-electron chi connectivity index (χ2n) is 5.05. The molecule has 1 aromatic heterocycles. The maximum absolute atomic E-state index is 13.8. The molecule has 0 saturated heterocycles. The number of hydrogen-bond acceptors (Lipinski definition) is 2. The van der Waals surface area contributed by atoms with E-state index in [1.165, 1.54) is 22.9 Å². The predicted molar refractivity (Wildman–Crippen MR) is 83.0 cm³/mol. The number of aromatic carboxylic acids is 1. The number of carbonyl (C=O) groups is 1. The number of aromatic nitrogens is 2. The summed E-state index contributed by atoms with van der Waals surface area (Å²) in [5.74, 6) is -2.50. The summed E-state index contributed by atoms with van der Waals surface area (Å²) in [6.07, 6.45) is 3.30. The van der Waals surface area contributed by atoms with Gasteiger partial charge in [-0.25, -0.2) is 13.6 Å². The molecule has 0 saturated carbocycles. The van der Waals surface area contributed by atoms with Gasteiger partial charge in [0.1, 0.15) is 11.6 Å². The maximum Gasteiger partial charge on any atom is 0.338 e. The van der Waals surface area contributed by atoms with Crippen LogP contribution in [0.5, 0.6) is 0 Å². The van der Waals surface area contributed by atoms with Crippen LogP contribution in [0, 0.1) is 11.6 Å². The minimum absolute atomic E-state index is 0.353. The van der Waals surface area contributed by atoms with Crippen molar-refractivity contribution < 1.29 is 18.7 Å². The Morgan fingerprint density at radius 3 is 2.70 bits per heavy atom. The SMILES string of the molecule is Cn1nc(/C=C/c2cccc(F)c2)c2cc(C(=O)O)c(F)cc21. The lowest BCUT2D eigenvalue weighted by atomic mass is 10.1. The molecule has 3 aromatic rings. The van der Waals surface area contributed by atoms with E-state index in [9.17, 15) is 13.6 Å².